The van der Waals surface area contributed by atoms with E-state index >= 15 is 0 Å². The molecule has 148 valence electrons. The van der Waals surface area contributed by atoms with Crippen LogP contribution in [0.4, 0.5) is 0 Å². The van der Waals surface area contributed by atoms with E-state index in [4.69, 9.17) is 0 Å². The molecule has 5 nitrogen and oxygen atoms in total. The van der Waals surface area contributed by atoms with Gasteiger partial charge in [0.05, 0.1) is 23.6 Å². The number of carbonyl (C=O) groups is 1. The summed E-state index contributed by atoms with van der Waals surface area (Å²) < 4.78 is 2.08. The zero-order valence-corrected chi connectivity index (χ0v) is 16.9. The lowest BCUT2D eigenvalue weighted by Gasteiger charge is -2.12. The van der Waals surface area contributed by atoms with E-state index in [1.165, 1.54) is 0 Å². The van der Waals surface area contributed by atoms with Gasteiger partial charge in [0.2, 0.25) is 0 Å². The van der Waals surface area contributed by atoms with Gasteiger partial charge < -0.3 is 14.8 Å². The lowest BCUT2D eigenvalue weighted by Crippen LogP contribution is -2.09. The summed E-state index contributed by atoms with van der Waals surface area (Å²) in [4.78, 5) is 16.0. The first-order chi connectivity index (χ1) is 13.0. The smallest absolute Gasteiger partial charge is 0.336 e. The molecule has 0 aliphatic carbocycles. The van der Waals surface area contributed by atoms with E-state index in [1.54, 1.807) is 12.1 Å². The SMILES string of the molecule is CCCc1nc(C)c(CO)n1Cc1ccc(-c2ccccc2C(=O)O)cc1.Cl. The van der Waals surface area contributed by atoms with Crippen molar-refractivity contribution in [3.05, 3.63) is 76.9 Å². The number of aryl methyl sites for hydroxylation is 2. The zero-order valence-electron chi connectivity index (χ0n) is 16.1. The molecule has 1 aromatic heterocycles. The predicted octanol–water partition coefficient (Wildman–Crippen LogP) is 4.47. The number of aromatic carboxylic acids is 1. The van der Waals surface area contributed by atoms with Gasteiger partial charge in [0.1, 0.15) is 5.82 Å². The standard InChI is InChI=1S/C22H24N2O3.ClH/c1-3-6-21-23-15(2)20(14-25)24(21)13-16-9-11-17(12-10-16)18-7-4-5-8-19(18)22(26)27;/h4-5,7-12,25H,3,6,13-14H2,1-2H3,(H,26,27);1H. The number of rotatable bonds is 7. The summed E-state index contributed by atoms with van der Waals surface area (Å²) >= 11 is 0. The van der Waals surface area contributed by atoms with Crippen molar-refractivity contribution in [2.75, 3.05) is 0 Å². The topological polar surface area (TPSA) is 75.4 Å². The van der Waals surface area contributed by atoms with Gasteiger partial charge in [0, 0.05) is 13.0 Å². The van der Waals surface area contributed by atoms with Crippen molar-refractivity contribution >= 4 is 18.4 Å². The second-order valence-corrected chi connectivity index (χ2v) is 6.60. The van der Waals surface area contributed by atoms with E-state index in [2.05, 4.69) is 16.5 Å². The number of aliphatic hydroxyl groups excluding tert-OH is 1. The third kappa shape index (κ3) is 4.43. The van der Waals surface area contributed by atoms with Crippen molar-refractivity contribution in [3.8, 4) is 11.1 Å². The molecular weight excluding hydrogens is 376 g/mol. The third-order valence-corrected chi connectivity index (χ3v) is 4.74. The second-order valence-electron chi connectivity index (χ2n) is 6.60. The van der Waals surface area contributed by atoms with Crippen LogP contribution in [0.2, 0.25) is 0 Å². The number of halogens is 1. The fourth-order valence-corrected chi connectivity index (χ4v) is 3.36. The van der Waals surface area contributed by atoms with Gasteiger partial charge in [-0.2, -0.15) is 0 Å². The van der Waals surface area contributed by atoms with Crippen LogP contribution in [0.15, 0.2) is 48.5 Å². The number of aliphatic hydroxyl groups is 1. The lowest BCUT2D eigenvalue weighted by atomic mass is 9.99. The predicted molar refractivity (Wildman–Crippen MR) is 112 cm³/mol. The summed E-state index contributed by atoms with van der Waals surface area (Å²) in [5.74, 6) is 0.0553. The quantitative estimate of drug-likeness (QED) is 0.613. The van der Waals surface area contributed by atoms with Gasteiger partial charge >= 0.3 is 5.97 Å². The summed E-state index contributed by atoms with van der Waals surface area (Å²) in [5, 5.41) is 19.1. The van der Waals surface area contributed by atoms with Crippen LogP contribution in [0.25, 0.3) is 11.1 Å². The minimum absolute atomic E-state index is 0. The first-order valence-corrected chi connectivity index (χ1v) is 9.12. The molecule has 6 heteroatoms. The molecule has 2 N–H and O–H groups in total. The Kier molecular flexibility index (Phi) is 7.38. The maximum atomic E-state index is 11.4. The number of carboxylic acid groups (broad SMARTS) is 1. The van der Waals surface area contributed by atoms with Gasteiger partial charge in [0.15, 0.2) is 0 Å². The maximum Gasteiger partial charge on any atom is 0.336 e. The molecule has 2 aromatic carbocycles. The normalized spacial score (nSPS) is 10.5. The van der Waals surface area contributed by atoms with Crippen LogP contribution in [-0.4, -0.2) is 25.7 Å². The maximum absolute atomic E-state index is 11.4. The Morgan fingerprint density at radius 1 is 1.11 bits per heavy atom. The van der Waals surface area contributed by atoms with E-state index in [9.17, 15) is 15.0 Å². The number of benzene rings is 2. The first kappa shape index (κ1) is 21.7. The van der Waals surface area contributed by atoms with Crippen molar-refractivity contribution in [1.82, 2.24) is 9.55 Å². The molecule has 3 rings (SSSR count). The van der Waals surface area contributed by atoms with Crippen molar-refractivity contribution in [1.29, 1.82) is 0 Å². The summed E-state index contributed by atoms with van der Waals surface area (Å²) in [7, 11) is 0. The fourth-order valence-electron chi connectivity index (χ4n) is 3.36. The van der Waals surface area contributed by atoms with E-state index in [0.717, 1.165) is 41.2 Å². The molecule has 3 aromatic rings. The molecule has 0 radical (unpaired) electrons. The highest BCUT2D eigenvalue weighted by Gasteiger charge is 2.14. The van der Waals surface area contributed by atoms with Crippen LogP contribution in [0, 0.1) is 6.92 Å². The van der Waals surface area contributed by atoms with Crippen LogP contribution < -0.4 is 0 Å². The Labute approximate surface area is 171 Å². The monoisotopic (exact) mass is 400 g/mol. The largest absolute Gasteiger partial charge is 0.478 e. The number of nitrogens with zero attached hydrogens (tertiary/aromatic N) is 2. The Morgan fingerprint density at radius 2 is 1.79 bits per heavy atom. The van der Waals surface area contributed by atoms with E-state index in [1.807, 2.05) is 43.3 Å². The molecule has 0 amide bonds. The van der Waals surface area contributed by atoms with Crippen LogP contribution in [0.1, 0.15) is 46.5 Å². The minimum Gasteiger partial charge on any atom is -0.478 e. The molecule has 1 heterocycles. The highest BCUT2D eigenvalue weighted by Crippen LogP contribution is 2.25. The fraction of sp³-hybridized carbons (Fsp3) is 0.273. The van der Waals surface area contributed by atoms with Gasteiger partial charge in [-0.1, -0.05) is 49.4 Å². The molecule has 0 aliphatic rings. The van der Waals surface area contributed by atoms with Crippen LogP contribution in [-0.2, 0) is 19.6 Å². The Morgan fingerprint density at radius 3 is 2.39 bits per heavy atom. The molecule has 0 unspecified atom stereocenters. The molecule has 0 saturated carbocycles. The Bertz CT molecular complexity index is 949. The van der Waals surface area contributed by atoms with Crippen molar-refractivity contribution < 1.29 is 15.0 Å². The molecule has 0 aliphatic heterocycles. The van der Waals surface area contributed by atoms with Gasteiger partial charge in [-0.3, -0.25) is 0 Å². The average molecular weight is 401 g/mol. The van der Waals surface area contributed by atoms with Crippen molar-refractivity contribution in [3.63, 3.8) is 0 Å². The number of aromatic nitrogens is 2. The van der Waals surface area contributed by atoms with Gasteiger partial charge in [-0.05, 0) is 36.1 Å². The first-order valence-electron chi connectivity index (χ1n) is 9.12. The van der Waals surface area contributed by atoms with Gasteiger partial charge in [0.25, 0.3) is 0 Å². The Hall–Kier alpha value is -2.63. The highest BCUT2D eigenvalue weighted by molar-refractivity contribution is 5.95. The second kappa shape index (κ2) is 9.53. The number of hydrogen-bond donors (Lipinski definition) is 2. The van der Waals surface area contributed by atoms with Crippen LogP contribution in [0.5, 0.6) is 0 Å². The molecular formula is C22H25ClN2O3. The summed E-state index contributed by atoms with van der Waals surface area (Å²) in [5.41, 5.74) is 4.67. The molecule has 0 bridgehead atoms. The third-order valence-electron chi connectivity index (χ3n) is 4.74. The van der Waals surface area contributed by atoms with E-state index in [-0.39, 0.29) is 19.0 Å². The number of carboxylic acids is 1. The van der Waals surface area contributed by atoms with Gasteiger partial charge in [-0.15, -0.1) is 12.4 Å². The molecule has 0 atom stereocenters. The van der Waals surface area contributed by atoms with Gasteiger partial charge in [-0.25, -0.2) is 9.78 Å². The summed E-state index contributed by atoms with van der Waals surface area (Å²) in [6.45, 7) is 4.63. The minimum atomic E-state index is -0.930. The van der Waals surface area contributed by atoms with E-state index < -0.39 is 5.97 Å². The van der Waals surface area contributed by atoms with Crippen molar-refractivity contribution in [2.45, 2.75) is 39.8 Å². The average Bonchev–Trinajstić information content (AvgIpc) is 2.97. The molecule has 0 fully saturated rings. The number of imidazole rings is 1. The molecule has 0 spiro atoms. The molecule has 0 saturated heterocycles. The van der Waals surface area contributed by atoms with E-state index in [0.29, 0.717) is 17.7 Å². The lowest BCUT2D eigenvalue weighted by molar-refractivity contribution is 0.0697. The Balaban J connectivity index is 0.00000280. The summed E-state index contributed by atoms with van der Waals surface area (Å²) in [6.07, 6.45) is 1.86. The highest BCUT2D eigenvalue weighted by atomic mass is 35.5. The molecule has 28 heavy (non-hydrogen) atoms. The number of hydrogen-bond acceptors (Lipinski definition) is 3. The summed E-state index contributed by atoms with van der Waals surface area (Å²) in [6, 6.07) is 14.9. The zero-order chi connectivity index (χ0) is 19.4. The van der Waals surface area contributed by atoms with Crippen LogP contribution in [0.3, 0.4) is 0 Å². The van der Waals surface area contributed by atoms with Crippen molar-refractivity contribution in [2.24, 2.45) is 0 Å². The van der Waals surface area contributed by atoms with Crippen LogP contribution >= 0.6 is 12.4 Å².